The average molecular weight is 473 g/mol. The van der Waals surface area contributed by atoms with Crippen LogP contribution in [0, 0.1) is 12.7 Å². The summed E-state index contributed by atoms with van der Waals surface area (Å²) in [4.78, 5) is 26.0. The second-order valence-electron chi connectivity index (χ2n) is 8.30. The number of amides is 1. The lowest BCUT2D eigenvalue weighted by molar-refractivity contribution is 0.0943. The first kappa shape index (κ1) is 23.7. The minimum Gasteiger partial charge on any atom is -0.450 e. The highest BCUT2D eigenvalue weighted by Crippen LogP contribution is 2.30. The van der Waals surface area contributed by atoms with Crippen molar-refractivity contribution in [2.24, 2.45) is 0 Å². The number of nitrogens with zero attached hydrogens (tertiary/aromatic N) is 2. The van der Waals surface area contributed by atoms with Gasteiger partial charge >= 0.3 is 0 Å². The van der Waals surface area contributed by atoms with Crippen molar-refractivity contribution < 1.29 is 13.9 Å². The standard InChI is InChI=1S/C27H25FN4O3/c1-17(2)30-26(33)19-7-6-8-20(15-19)31-25-24(35-23-10-5-4-9-22(23)28)16-29-32(27(25)34)21-13-11-18(3)12-14-21/h4-17,31H,1-3H3,(H,30,33). The molecule has 2 N–H and O–H groups in total. The Kier molecular flexibility index (Phi) is 6.91. The van der Waals surface area contributed by atoms with Crippen LogP contribution in [0.5, 0.6) is 11.5 Å². The minimum atomic E-state index is -0.575. The maximum absolute atomic E-state index is 14.3. The Morgan fingerprint density at radius 3 is 2.46 bits per heavy atom. The molecule has 0 aliphatic heterocycles. The number of benzene rings is 3. The zero-order valence-corrected chi connectivity index (χ0v) is 19.6. The predicted molar refractivity (Wildman–Crippen MR) is 133 cm³/mol. The zero-order chi connectivity index (χ0) is 24.9. The van der Waals surface area contributed by atoms with Crippen LogP contribution in [0.1, 0.15) is 29.8 Å². The number of halogens is 1. The van der Waals surface area contributed by atoms with Gasteiger partial charge in [0.2, 0.25) is 0 Å². The van der Waals surface area contributed by atoms with Crippen LogP contribution in [-0.4, -0.2) is 21.7 Å². The van der Waals surface area contributed by atoms with E-state index in [9.17, 15) is 14.0 Å². The van der Waals surface area contributed by atoms with Gasteiger partial charge in [0.05, 0.1) is 11.9 Å². The topological polar surface area (TPSA) is 85.2 Å². The molecule has 0 fully saturated rings. The number of hydrogen-bond donors (Lipinski definition) is 2. The molecule has 1 amide bonds. The van der Waals surface area contributed by atoms with E-state index in [2.05, 4.69) is 15.7 Å². The van der Waals surface area contributed by atoms with Gasteiger partial charge in [0.15, 0.2) is 23.0 Å². The molecule has 178 valence electrons. The molecule has 0 saturated carbocycles. The first-order valence-corrected chi connectivity index (χ1v) is 11.1. The predicted octanol–water partition coefficient (Wildman–Crippen LogP) is 5.35. The van der Waals surface area contributed by atoms with Crippen molar-refractivity contribution in [2.45, 2.75) is 26.8 Å². The molecule has 1 aromatic heterocycles. The highest BCUT2D eigenvalue weighted by atomic mass is 19.1. The van der Waals surface area contributed by atoms with Gasteiger partial charge in [-0.3, -0.25) is 9.59 Å². The molecule has 0 saturated heterocycles. The van der Waals surface area contributed by atoms with Crippen LogP contribution >= 0.6 is 0 Å². The van der Waals surface area contributed by atoms with E-state index in [0.717, 1.165) is 5.56 Å². The van der Waals surface area contributed by atoms with E-state index in [-0.39, 0.29) is 29.1 Å². The van der Waals surface area contributed by atoms with Gasteiger partial charge in [0.25, 0.3) is 11.5 Å². The first-order chi connectivity index (χ1) is 16.8. The molecular weight excluding hydrogens is 447 g/mol. The van der Waals surface area contributed by atoms with Gasteiger partial charge in [-0.25, -0.2) is 4.39 Å². The van der Waals surface area contributed by atoms with E-state index < -0.39 is 11.4 Å². The fraction of sp³-hybridized carbons (Fsp3) is 0.148. The number of aromatic nitrogens is 2. The fourth-order valence-corrected chi connectivity index (χ4v) is 3.37. The Labute approximate surface area is 202 Å². The molecule has 8 heteroatoms. The lowest BCUT2D eigenvalue weighted by Crippen LogP contribution is -2.30. The lowest BCUT2D eigenvalue weighted by atomic mass is 10.1. The van der Waals surface area contributed by atoms with Crippen molar-refractivity contribution in [1.82, 2.24) is 15.1 Å². The Morgan fingerprint density at radius 1 is 1.00 bits per heavy atom. The van der Waals surface area contributed by atoms with E-state index in [1.54, 1.807) is 48.5 Å². The third-order valence-electron chi connectivity index (χ3n) is 5.09. The Bertz CT molecular complexity index is 1410. The van der Waals surface area contributed by atoms with E-state index in [4.69, 9.17) is 4.74 Å². The molecule has 0 aliphatic rings. The van der Waals surface area contributed by atoms with Gasteiger partial charge in [-0.05, 0) is 63.2 Å². The number of aryl methyl sites for hydroxylation is 1. The van der Waals surface area contributed by atoms with Gasteiger partial charge in [0.1, 0.15) is 0 Å². The lowest BCUT2D eigenvalue weighted by Gasteiger charge is -2.15. The molecule has 7 nitrogen and oxygen atoms in total. The average Bonchev–Trinajstić information content (AvgIpc) is 2.83. The normalized spacial score (nSPS) is 10.8. The van der Waals surface area contributed by atoms with E-state index in [0.29, 0.717) is 16.9 Å². The van der Waals surface area contributed by atoms with E-state index in [1.807, 2.05) is 32.9 Å². The number of carbonyl (C=O) groups is 1. The highest BCUT2D eigenvalue weighted by molar-refractivity contribution is 5.95. The van der Waals surface area contributed by atoms with Crippen molar-refractivity contribution in [3.63, 3.8) is 0 Å². The Balaban J connectivity index is 1.77. The van der Waals surface area contributed by atoms with Gasteiger partial charge in [0, 0.05) is 17.3 Å². The van der Waals surface area contributed by atoms with Crippen LogP contribution in [0.3, 0.4) is 0 Å². The molecule has 0 unspecified atom stereocenters. The molecule has 4 rings (SSSR count). The largest absolute Gasteiger partial charge is 0.450 e. The van der Waals surface area contributed by atoms with Crippen LogP contribution < -0.4 is 20.9 Å². The van der Waals surface area contributed by atoms with E-state index in [1.165, 1.54) is 23.0 Å². The molecule has 0 aliphatic carbocycles. The summed E-state index contributed by atoms with van der Waals surface area (Å²) in [6.07, 6.45) is 1.35. The summed E-state index contributed by atoms with van der Waals surface area (Å²) < 4.78 is 21.2. The van der Waals surface area contributed by atoms with Gasteiger partial charge in [-0.15, -0.1) is 0 Å². The van der Waals surface area contributed by atoms with Crippen molar-refractivity contribution in [3.8, 4) is 17.2 Å². The Hall–Kier alpha value is -4.46. The summed E-state index contributed by atoms with van der Waals surface area (Å²) in [5.41, 5.74) is 2.05. The van der Waals surface area contributed by atoms with Gasteiger partial charge in [-0.1, -0.05) is 35.9 Å². The SMILES string of the molecule is Cc1ccc(-n2ncc(Oc3ccccc3F)c(Nc3cccc(C(=O)NC(C)C)c3)c2=O)cc1. The summed E-state index contributed by atoms with van der Waals surface area (Å²) in [7, 11) is 0. The van der Waals surface area contributed by atoms with Crippen LogP contribution in [0.4, 0.5) is 15.8 Å². The molecular formula is C27H25FN4O3. The molecule has 4 aromatic rings. The summed E-state index contributed by atoms with van der Waals surface area (Å²) in [6.45, 7) is 5.69. The van der Waals surface area contributed by atoms with Crippen molar-refractivity contribution in [3.05, 3.63) is 106 Å². The molecule has 35 heavy (non-hydrogen) atoms. The molecule has 1 heterocycles. The van der Waals surface area contributed by atoms with Crippen LogP contribution in [0.25, 0.3) is 5.69 Å². The molecule has 0 bridgehead atoms. The third kappa shape index (κ3) is 5.55. The number of para-hydroxylation sites is 1. The quantitative estimate of drug-likeness (QED) is 0.379. The summed E-state index contributed by atoms with van der Waals surface area (Å²) in [5, 5.41) is 10.1. The van der Waals surface area contributed by atoms with Crippen molar-refractivity contribution in [2.75, 3.05) is 5.32 Å². The third-order valence-corrected chi connectivity index (χ3v) is 5.09. The second-order valence-corrected chi connectivity index (χ2v) is 8.30. The number of ether oxygens (including phenoxy) is 1. The number of nitrogens with one attached hydrogen (secondary N) is 2. The molecule has 0 radical (unpaired) electrons. The van der Waals surface area contributed by atoms with Crippen molar-refractivity contribution >= 4 is 17.3 Å². The smallest absolute Gasteiger partial charge is 0.299 e. The number of anilines is 2. The summed E-state index contributed by atoms with van der Waals surface area (Å²) >= 11 is 0. The number of carbonyl (C=O) groups excluding carboxylic acids is 1. The van der Waals surface area contributed by atoms with Crippen molar-refractivity contribution in [1.29, 1.82) is 0 Å². The van der Waals surface area contributed by atoms with Gasteiger partial charge in [-0.2, -0.15) is 9.78 Å². The minimum absolute atomic E-state index is 0.0261. The maximum atomic E-state index is 14.3. The highest BCUT2D eigenvalue weighted by Gasteiger charge is 2.17. The molecule has 0 atom stereocenters. The van der Waals surface area contributed by atoms with Crippen LogP contribution in [0.15, 0.2) is 83.8 Å². The summed E-state index contributed by atoms with van der Waals surface area (Å²) in [6, 6.07) is 19.9. The van der Waals surface area contributed by atoms with E-state index >= 15 is 0 Å². The summed E-state index contributed by atoms with van der Waals surface area (Å²) in [5.74, 6) is -0.817. The maximum Gasteiger partial charge on any atom is 0.299 e. The number of rotatable bonds is 7. The van der Waals surface area contributed by atoms with Crippen LogP contribution in [0.2, 0.25) is 0 Å². The second kappa shape index (κ2) is 10.2. The zero-order valence-electron chi connectivity index (χ0n) is 19.6. The monoisotopic (exact) mass is 472 g/mol. The molecule has 3 aromatic carbocycles. The Morgan fingerprint density at radius 2 is 1.74 bits per heavy atom. The fourth-order valence-electron chi connectivity index (χ4n) is 3.37. The van der Waals surface area contributed by atoms with Gasteiger partial charge < -0.3 is 15.4 Å². The molecule has 0 spiro atoms. The first-order valence-electron chi connectivity index (χ1n) is 11.1. The van der Waals surface area contributed by atoms with Crippen LogP contribution in [-0.2, 0) is 0 Å². The number of hydrogen-bond acceptors (Lipinski definition) is 5.